The molecule has 0 spiro atoms. The van der Waals surface area contributed by atoms with Gasteiger partial charge in [-0.15, -0.1) is 10.2 Å². The fourth-order valence-electron chi connectivity index (χ4n) is 3.16. The van der Waals surface area contributed by atoms with Crippen molar-refractivity contribution in [2.24, 2.45) is 4.99 Å². The number of aromatic nitrogens is 3. The Morgan fingerprint density at radius 1 is 1.00 bits per heavy atom. The molecule has 0 bridgehead atoms. The molecule has 2 heterocycles. The number of nitrogens with zero attached hydrogens (tertiary/aromatic N) is 4. The first-order chi connectivity index (χ1) is 11.4. The molecule has 5 heteroatoms. The molecule has 4 rings (SSSR count). The molecule has 1 aromatic heterocycles. The highest BCUT2D eigenvalue weighted by atomic mass is 19.1. The largest absolute Gasteiger partial charge is 0.274 e. The predicted octanol–water partition coefficient (Wildman–Crippen LogP) is 3.64. The minimum atomic E-state index is -0.337. The molecule has 0 amide bonds. The van der Waals surface area contributed by atoms with E-state index >= 15 is 0 Å². The number of halogens is 1. The molecule has 0 N–H and O–H groups in total. The van der Waals surface area contributed by atoms with Crippen LogP contribution in [-0.2, 0) is 6.42 Å². The SMILES string of the molecule is Cc1c(F)ccc2c1CC(C)(C)N=C2c1nnc2ccccc2n1. The second kappa shape index (κ2) is 5.16. The Kier molecular flexibility index (Phi) is 3.20. The van der Waals surface area contributed by atoms with E-state index in [-0.39, 0.29) is 11.4 Å². The van der Waals surface area contributed by atoms with Gasteiger partial charge in [0.2, 0.25) is 5.82 Å². The molecule has 0 unspecified atom stereocenters. The molecule has 0 radical (unpaired) electrons. The summed E-state index contributed by atoms with van der Waals surface area (Å²) < 4.78 is 14.0. The predicted molar refractivity (Wildman–Crippen MR) is 91.9 cm³/mol. The van der Waals surface area contributed by atoms with Crippen molar-refractivity contribution in [3.8, 4) is 0 Å². The average molecular weight is 320 g/mol. The fourth-order valence-corrected chi connectivity index (χ4v) is 3.16. The van der Waals surface area contributed by atoms with Crippen LogP contribution in [0.15, 0.2) is 41.4 Å². The van der Waals surface area contributed by atoms with Gasteiger partial charge in [-0.2, -0.15) is 0 Å². The van der Waals surface area contributed by atoms with E-state index < -0.39 is 0 Å². The fraction of sp³-hybridized carbons (Fsp3) is 0.263. The van der Waals surface area contributed by atoms with Crippen LogP contribution in [-0.4, -0.2) is 26.4 Å². The summed E-state index contributed by atoms with van der Waals surface area (Å²) in [6.07, 6.45) is 0.691. The summed E-state index contributed by atoms with van der Waals surface area (Å²) in [6.45, 7) is 5.89. The molecule has 1 aliphatic heterocycles. The first kappa shape index (κ1) is 14.9. The Labute approximate surface area is 139 Å². The van der Waals surface area contributed by atoms with Gasteiger partial charge < -0.3 is 0 Å². The topological polar surface area (TPSA) is 51.0 Å². The van der Waals surface area contributed by atoms with Gasteiger partial charge in [0, 0.05) is 5.56 Å². The van der Waals surface area contributed by atoms with E-state index in [0.717, 1.165) is 22.2 Å². The first-order valence-electron chi connectivity index (χ1n) is 7.93. The molecule has 0 atom stereocenters. The normalized spacial score (nSPS) is 15.9. The van der Waals surface area contributed by atoms with Gasteiger partial charge in [-0.1, -0.05) is 12.1 Å². The van der Waals surface area contributed by atoms with Crippen LogP contribution in [0.2, 0.25) is 0 Å². The van der Waals surface area contributed by atoms with Gasteiger partial charge in [-0.05, 0) is 62.6 Å². The molecular weight excluding hydrogens is 303 g/mol. The summed E-state index contributed by atoms with van der Waals surface area (Å²) in [5.74, 6) is 0.289. The number of para-hydroxylation sites is 1. The molecule has 120 valence electrons. The highest BCUT2D eigenvalue weighted by Gasteiger charge is 2.30. The van der Waals surface area contributed by atoms with Crippen LogP contribution in [0.1, 0.15) is 36.4 Å². The van der Waals surface area contributed by atoms with Gasteiger partial charge >= 0.3 is 0 Å². The lowest BCUT2D eigenvalue weighted by molar-refractivity contribution is 0.507. The summed E-state index contributed by atoms with van der Waals surface area (Å²) in [6, 6.07) is 10.8. The zero-order valence-corrected chi connectivity index (χ0v) is 13.8. The quantitative estimate of drug-likeness (QED) is 0.688. The van der Waals surface area contributed by atoms with Crippen LogP contribution in [0.25, 0.3) is 11.0 Å². The van der Waals surface area contributed by atoms with E-state index in [1.54, 1.807) is 6.07 Å². The first-order valence-corrected chi connectivity index (χ1v) is 7.93. The smallest absolute Gasteiger partial charge is 0.201 e. The highest BCUT2D eigenvalue weighted by Crippen LogP contribution is 2.31. The summed E-state index contributed by atoms with van der Waals surface area (Å²) >= 11 is 0. The number of fused-ring (bicyclic) bond motifs is 2. The van der Waals surface area contributed by atoms with E-state index in [1.807, 2.05) is 45.0 Å². The lowest BCUT2D eigenvalue weighted by atomic mass is 9.84. The van der Waals surface area contributed by atoms with Crippen LogP contribution < -0.4 is 0 Å². The van der Waals surface area contributed by atoms with E-state index in [9.17, 15) is 4.39 Å². The maximum atomic E-state index is 14.0. The molecule has 3 aromatic rings. The zero-order chi connectivity index (χ0) is 16.9. The lowest BCUT2D eigenvalue weighted by Gasteiger charge is -2.29. The third kappa shape index (κ3) is 2.37. The second-order valence-corrected chi connectivity index (χ2v) is 6.77. The molecule has 0 saturated carbocycles. The van der Waals surface area contributed by atoms with E-state index in [4.69, 9.17) is 4.99 Å². The maximum Gasteiger partial charge on any atom is 0.201 e. The van der Waals surface area contributed by atoms with E-state index in [2.05, 4.69) is 15.2 Å². The number of hydrogen-bond donors (Lipinski definition) is 0. The molecular formula is C19H17FN4. The van der Waals surface area contributed by atoms with Crippen molar-refractivity contribution in [3.63, 3.8) is 0 Å². The number of benzene rings is 2. The summed E-state index contributed by atoms with van der Waals surface area (Å²) in [5.41, 5.74) is 4.40. The second-order valence-electron chi connectivity index (χ2n) is 6.77. The van der Waals surface area contributed by atoms with Crippen molar-refractivity contribution in [1.82, 2.24) is 15.2 Å². The molecule has 24 heavy (non-hydrogen) atoms. The van der Waals surface area contributed by atoms with Gasteiger partial charge in [0.05, 0.1) is 11.1 Å². The Morgan fingerprint density at radius 3 is 2.54 bits per heavy atom. The average Bonchev–Trinajstić information content (AvgIpc) is 2.57. The molecule has 1 aliphatic rings. The Morgan fingerprint density at radius 2 is 1.75 bits per heavy atom. The molecule has 4 nitrogen and oxygen atoms in total. The minimum Gasteiger partial charge on any atom is -0.274 e. The van der Waals surface area contributed by atoms with E-state index in [0.29, 0.717) is 23.5 Å². The molecule has 2 aromatic carbocycles. The molecule has 0 aliphatic carbocycles. The minimum absolute atomic E-state index is 0.191. The highest BCUT2D eigenvalue weighted by molar-refractivity contribution is 6.12. The van der Waals surface area contributed by atoms with Crippen molar-refractivity contribution in [2.45, 2.75) is 32.7 Å². The lowest BCUT2D eigenvalue weighted by Crippen LogP contribution is -2.31. The Balaban J connectivity index is 1.95. The third-order valence-corrected chi connectivity index (χ3v) is 4.38. The van der Waals surface area contributed by atoms with Crippen LogP contribution >= 0.6 is 0 Å². The number of aliphatic imine (C=N–C) groups is 1. The number of hydrogen-bond acceptors (Lipinski definition) is 4. The van der Waals surface area contributed by atoms with E-state index in [1.165, 1.54) is 6.07 Å². The van der Waals surface area contributed by atoms with Crippen molar-refractivity contribution in [1.29, 1.82) is 0 Å². The van der Waals surface area contributed by atoms with Gasteiger partial charge in [0.15, 0.2) is 0 Å². The third-order valence-electron chi connectivity index (χ3n) is 4.38. The molecule has 0 saturated heterocycles. The van der Waals surface area contributed by atoms with Crippen LogP contribution in [0, 0.1) is 12.7 Å². The van der Waals surface area contributed by atoms with Gasteiger partial charge in [-0.25, -0.2) is 9.37 Å². The summed E-state index contributed by atoms with van der Waals surface area (Å²) in [7, 11) is 0. The Hall–Kier alpha value is -2.69. The van der Waals surface area contributed by atoms with Crippen LogP contribution in [0.5, 0.6) is 0 Å². The van der Waals surface area contributed by atoms with Crippen molar-refractivity contribution < 1.29 is 4.39 Å². The summed E-state index contributed by atoms with van der Waals surface area (Å²) in [4.78, 5) is 9.45. The van der Waals surface area contributed by atoms with Crippen LogP contribution in [0.4, 0.5) is 4.39 Å². The standard InChI is InChI=1S/C19H17FN4/c1-11-13-10-19(2,3)22-17(12(13)8-9-14(11)20)18-21-15-6-4-5-7-16(15)23-24-18/h4-9H,10H2,1-3H3. The van der Waals surface area contributed by atoms with Gasteiger partial charge in [-0.3, -0.25) is 4.99 Å². The van der Waals surface area contributed by atoms with Gasteiger partial charge in [0.1, 0.15) is 17.0 Å². The monoisotopic (exact) mass is 320 g/mol. The Bertz CT molecular complexity index is 992. The zero-order valence-electron chi connectivity index (χ0n) is 13.8. The maximum absolute atomic E-state index is 14.0. The van der Waals surface area contributed by atoms with Crippen molar-refractivity contribution >= 4 is 16.7 Å². The van der Waals surface area contributed by atoms with Crippen molar-refractivity contribution in [3.05, 3.63) is 64.7 Å². The van der Waals surface area contributed by atoms with Crippen LogP contribution in [0.3, 0.4) is 0 Å². The summed E-state index contributed by atoms with van der Waals surface area (Å²) in [5, 5.41) is 8.51. The van der Waals surface area contributed by atoms with Gasteiger partial charge in [0.25, 0.3) is 0 Å². The number of rotatable bonds is 1. The van der Waals surface area contributed by atoms with Crippen molar-refractivity contribution in [2.75, 3.05) is 0 Å². The molecule has 0 fully saturated rings.